The van der Waals surface area contributed by atoms with Gasteiger partial charge in [0.15, 0.2) is 5.78 Å². The summed E-state index contributed by atoms with van der Waals surface area (Å²) >= 11 is 0. The molecule has 3 aromatic rings. The maximum atomic E-state index is 11.7. The number of halogens is 1. The van der Waals surface area contributed by atoms with E-state index >= 15 is 0 Å². The Morgan fingerprint density at radius 1 is 1.14 bits per heavy atom. The van der Waals surface area contributed by atoms with Crippen molar-refractivity contribution in [1.82, 2.24) is 9.55 Å². The van der Waals surface area contributed by atoms with Crippen LogP contribution in [0.4, 0.5) is 0 Å². The molecule has 2 unspecified atom stereocenters. The van der Waals surface area contributed by atoms with E-state index in [1.54, 1.807) is 24.3 Å². The van der Waals surface area contributed by atoms with Crippen molar-refractivity contribution in [2.45, 2.75) is 52.2 Å². The first-order valence-electron chi connectivity index (χ1n) is 9.92. The topological polar surface area (TPSA) is 64.3 Å². The van der Waals surface area contributed by atoms with Crippen molar-refractivity contribution in [3.05, 3.63) is 59.9 Å². The molecule has 0 amide bonds. The highest BCUT2D eigenvalue weighted by atomic mass is 35.5. The number of hydrogen-bond donors (Lipinski definition) is 1. The van der Waals surface area contributed by atoms with Gasteiger partial charge in [0.05, 0.1) is 17.6 Å². The number of para-hydroxylation sites is 2. The van der Waals surface area contributed by atoms with Gasteiger partial charge in [0, 0.05) is 17.9 Å². The molecule has 156 valence electrons. The normalized spacial score (nSPS) is 13.0. The number of Topliss-reactive ketones (excluding diaryl/α,β-unsaturated/α-hetero) is 1. The fourth-order valence-electron chi connectivity index (χ4n) is 3.24. The van der Waals surface area contributed by atoms with Gasteiger partial charge in [0.25, 0.3) is 0 Å². The van der Waals surface area contributed by atoms with Crippen LogP contribution in [0, 0.1) is 0 Å². The molecule has 0 spiro atoms. The first-order chi connectivity index (χ1) is 13.5. The lowest BCUT2D eigenvalue weighted by Gasteiger charge is -2.17. The number of fused-ring (bicyclic) bond motifs is 1. The monoisotopic (exact) mass is 416 g/mol. The quantitative estimate of drug-likeness (QED) is 0.498. The number of aromatic nitrogens is 2. The van der Waals surface area contributed by atoms with E-state index in [1.807, 2.05) is 31.2 Å². The van der Waals surface area contributed by atoms with Gasteiger partial charge in [-0.3, -0.25) is 4.79 Å². The Morgan fingerprint density at radius 3 is 2.48 bits per heavy atom. The molecule has 0 fully saturated rings. The molecule has 5 nitrogen and oxygen atoms in total. The maximum absolute atomic E-state index is 11.7. The van der Waals surface area contributed by atoms with Crippen LogP contribution in [0.2, 0.25) is 0 Å². The number of aliphatic hydroxyl groups is 1. The fourth-order valence-corrected chi connectivity index (χ4v) is 3.24. The summed E-state index contributed by atoms with van der Waals surface area (Å²) in [6, 6.07) is 15.1. The number of ether oxygens (including phenoxy) is 1. The van der Waals surface area contributed by atoms with E-state index in [1.165, 1.54) is 0 Å². The number of rotatable bonds is 9. The lowest BCUT2D eigenvalue weighted by Crippen LogP contribution is -2.25. The molecule has 29 heavy (non-hydrogen) atoms. The lowest BCUT2D eigenvalue weighted by molar-refractivity contribution is 0.0923. The predicted molar refractivity (Wildman–Crippen MR) is 118 cm³/mol. The van der Waals surface area contributed by atoms with Crippen molar-refractivity contribution in [3.63, 3.8) is 0 Å². The number of ketones is 1. The number of carbonyl (C=O) groups is 1. The van der Waals surface area contributed by atoms with Gasteiger partial charge in [0.1, 0.15) is 24.3 Å². The number of nitrogens with zero attached hydrogens (tertiary/aromatic N) is 2. The molecule has 0 aliphatic rings. The van der Waals surface area contributed by atoms with Crippen LogP contribution in [0.3, 0.4) is 0 Å². The Balaban J connectivity index is 0.00000300. The summed E-state index contributed by atoms with van der Waals surface area (Å²) in [5, 5.41) is 10.6. The summed E-state index contributed by atoms with van der Waals surface area (Å²) in [4.78, 5) is 16.5. The van der Waals surface area contributed by atoms with Crippen LogP contribution in [0.5, 0.6) is 5.75 Å². The molecule has 2 aromatic carbocycles. The van der Waals surface area contributed by atoms with Crippen LogP contribution in [0.15, 0.2) is 48.5 Å². The average Bonchev–Trinajstić information content (AvgIpc) is 3.10. The minimum Gasteiger partial charge on any atom is -0.491 e. The zero-order chi connectivity index (χ0) is 20.1. The molecular formula is C23H29ClN2O3. The van der Waals surface area contributed by atoms with Crippen molar-refractivity contribution in [2.24, 2.45) is 0 Å². The number of aliphatic hydroxyl groups excluding tert-OH is 1. The molecule has 0 aliphatic carbocycles. The zero-order valence-electron chi connectivity index (χ0n) is 17.2. The predicted octanol–water partition coefficient (Wildman–Crippen LogP) is 5.00. The second-order valence-corrected chi connectivity index (χ2v) is 7.14. The SMILES string of the molecule is CCC(=O)c1ccc(OCC(O)Cn2c(C(C)CC)nc3ccccc32)cc1.Cl. The van der Waals surface area contributed by atoms with Gasteiger partial charge in [-0.25, -0.2) is 4.98 Å². The highest BCUT2D eigenvalue weighted by Gasteiger charge is 2.18. The highest BCUT2D eigenvalue weighted by molar-refractivity contribution is 5.95. The summed E-state index contributed by atoms with van der Waals surface area (Å²) in [6.07, 6.45) is 0.798. The number of hydrogen-bond acceptors (Lipinski definition) is 4. The van der Waals surface area contributed by atoms with Crippen molar-refractivity contribution in [1.29, 1.82) is 0 Å². The lowest BCUT2D eigenvalue weighted by atomic mass is 10.1. The van der Waals surface area contributed by atoms with Gasteiger partial charge in [-0.2, -0.15) is 0 Å². The molecule has 0 bridgehead atoms. The third-order valence-corrected chi connectivity index (χ3v) is 5.07. The fraction of sp³-hybridized carbons (Fsp3) is 0.391. The minimum atomic E-state index is -0.669. The van der Waals surface area contributed by atoms with Crippen molar-refractivity contribution in [2.75, 3.05) is 6.61 Å². The van der Waals surface area contributed by atoms with Gasteiger partial charge in [-0.05, 0) is 42.8 Å². The second kappa shape index (κ2) is 10.4. The molecule has 1 N–H and O–H groups in total. The molecule has 2 atom stereocenters. The zero-order valence-corrected chi connectivity index (χ0v) is 18.0. The van der Waals surface area contributed by atoms with Crippen molar-refractivity contribution >= 4 is 29.2 Å². The van der Waals surface area contributed by atoms with Crippen LogP contribution in [0.1, 0.15) is 55.7 Å². The summed E-state index contributed by atoms with van der Waals surface area (Å²) in [6.45, 7) is 6.73. The molecule has 1 heterocycles. The van der Waals surface area contributed by atoms with E-state index in [0.717, 1.165) is 23.3 Å². The van der Waals surface area contributed by atoms with E-state index < -0.39 is 6.10 Å². The number of carbonyl (C=O) groups excluding carboxylic acids is 1. The van der Waals surface area contributed by atoms with Gasteiger partial charge in [-0.1, -0.05) is 32.9 Å². The summed E-state index contributed by atoms with van der Waals surface area (Å²) < 4.78 is 7.83. The Kier molecular flexibility index (Phi) is 8.23. The summed E-state index contributed by atoms with van der Waals surface area (Å²) in [5.74, 6) is 2.05. The van der Waals surface area contributed by atoms with E-state index in [2.05, 4.69) is 18.4 Å². The second-order valence-electron chi connectivity index (χ2n) is 7.14. The molecular weight excluding hydrogens is 388 g/mol. The Morgan fingerprint density at radius 2 is 1.83 bits per heavy atom. The average molecular weight is 417 g/mol. The van der Waals surface area contributed by atoms with Gasteiger partial charge in [0.2, 0.25) is 0 Å². The molecule has 0 radical (unpaired) electrons. The first-order valence-corrected chi connectivity index (χ1v) is 9.92. The molecule has 1 aromatic heterocycles. The van der Waals surface area contributed by atoms with Gasteiger partial charge < -0.3 is 14.4 Å². The summed E-state index contributed by atoms with van der Waals surface area (Å²) in [7, 11) is 0. The minimum absolute atomic E-state index is 0. The maximum Gasteiger partial charge on any atom is 0.162 e. The van der Waals surface area contributed by atoms with E-state index in [4.69, 9.17) is 9.72 Å². The van der Waals surface area contributed by atoms with Crippen molar-refractivity contribution in [3.8, 4) is 5.75 Å². The van der Waals surface area contributed by atoms with Crippen LogP contribution >= 0.6 is 12.4 Å². The third kappa shape index (κ3) is 5.37. The molecule has 0 saturated heterocycles. The van der Waals surface area contributed by atoms with E-state index in [9.17, 15) is 9.90 Å². The third-order valence-electron chi connectivity index (χ3n) is 5.07. The van der Waals surface area contributed by atoms with Gasteiger partial charge in [-0.15, -0.1) is 12.4 Å². The van der Waals surface area contributed by atoms with Crippen LogP contribution in [-0.4, -0.2) is 33.2 Å². The van der Waals surface area contributed by atoms with Crippen molar-refractivity contribution < 1.29 is 14.6 Å². The van der Waals surface area contributed by atoms with E-state index in [0.29, 0.717) is 30.2 Å². The highest BCUT2D eigenvalue weighted by Crippen LogP contribution is 2.24. The Hall–Kier alpha value is -2.37. The molecule has 3 rings (SSSR count). The summed E-state index contributed by atoms with van der Waals surface area (Å²) in [5.41, 5.74) is 2.65. The largest absolute Gasteiger partial charge is 0.491 e. The smallest absolute Gasteiger partial charge is 0.162 e. The molecule has 0 aliphatic heterocycles. The first kappa shape index (κ1) is 22.9. The standard InChI is InChI=1S/C23H28N2O3.ClH/c1-4-16(3)23-24-20-8-6-7-9-21(20)25(23)14-18(26)15-28-19-12-10-17(11-13-19)22(27)5-2;/h6-13,16,18,26H,4-5,14-15H2,1-3H3;1H. The Labute approximate surface area is 178 Å². The van der Waals surface area contributed by atoms with Crippen LogP contribution in [0.25, 0.3) is 11.0 Å². The van der Waals surface area contributed by atoms with E-state index in [-0.39, 0.29) is 24.8 Å². The van der Waals surface area contributed by atoms with Crippen LogP contribution < -0.4 is 4.74 Å². The van der Waals surface area contributed by atoms with Gasteiger partial charge >= 0.3 is 0 Å². The number of benzene rings is 2. The molecule has 0 saturated carbocycles. The number of imidazole rings is 1. The Bertz CT molecular complexity index is 937. The van der Waals surface area contributed by atoms with Crippen LogP contribution in [-0.2, 0) is 6.54 Å². The molecule has 6 heteroatoms.